The average Bonchev–Trinajstić information content (AvgIpc) is 3.15. The topological polar surface area (TPSA) is 90.9 Å². The first kappa shape index (κ1) is 19.4. The van der Waals surface area contributed by atoms with Crippen molar-refractivity contribution in [3.63, 3.8) is 0 Å². The zero-order chi connectivity index (χ0) is 20.4. The summed E-state index contributed by atoms with van der Waals surface area (Å²) in [5, 5.41) is 2.19. The van der Waals surface area contributed by atoms with E-state index in [0.717, 1.165) is 19.3 Å². The molecule has 4 rings (SSSR count). The highest BCUT2D eigenvalue weighted by Gasteiger charge is 2.29. The first-order valence-corrected chi connectivity index (χ1v) is 10.3. The van der Waals surface area contributed by atoms with Crippen molar-refractivity contribution in [1.29, 1.82) is 0 Å². The Hall–Kier alpha value is -2.87. The predicted molar refractivity (Wildman–Crippen MR) is 105 cm³/mol. The van der Waals surface area contributed by atoms with E-state index >= 15 is 0 Å². The summed E-state index contributed by atoms with van der Waals surface area (Å²) in [5.74, 6) is -0.304. The fourth-order valence-electron chi connectivity index (χ4n) is 3.41. The Morgan fingerprint density at radius 2 is 2.03 bits per heavy atom. The van der Waals surface area contributed by atoms with Gasteiger partial charge in [-0.2, -0.15) is 0 Å². The number of imide groups is 1. The molecular weight excluding hydrogens is 394 g/mol. The van der Waals surface area contributed by atoms with E-state index in [2.05, 4.69) is 12.2 Å². The Labute approximate surface area is 172 Å². The van der Waals surface area contributed by atoms with Crippen LogP contribution in [0.1, 0.15) is 33.5 Å². The molecule has 7 nitrogen and oxygen atoms in total. The van der Waals surface area contributed by atoms with Gasteiger partial charge in [0.15, 0.2) is 18.1 Å². The molecule has 152 valence electrons. The van der Waals surface area contributed by atoms with Crippen molar-refractivity contribution in [2.24, 2.45) is 5.92 Å². The first-order chi connectivity index (χ1) is 14.0. The zero-order valence-electron chi connectivity index (χ0n) is 15.9. The molecule has 0 bridgehead atoms. The number of benzene rings is 1. The molecule has 1 aliphatic carbocycles. The largest absolute Gasteiger partial charge is 0.485 e. The second-order valence-electron chi connectivity index (χ2n) is 7.26. The highest BCUT2D eigenvalue weighted by Crippen LogP contribution is 2.33. The lowest BCUT2D eigenvalue weighted by Gasteiger charge is -2.25. The molecule has 2 aromatic rings. The van der Waals surface area contributed by atoms with Gasteiger partial charge in [-0.1, -0.05) is 19.1 Å². The van der Waals surface area contributed by atoms with Crippen LogP contribution in [0.5, 0.6) is 11.5 Å². The van der Waals surface area contributed by atoms with Crippen LogP contribution in [0.15, 0.2) is 30.3 Å². The van der Waals surface area contributed by atoms with E-state index < -0.39 is 30.5 Å². The molecule has 1 aromatic carbocycles. The highest BCUT2D eigenvalue weighted by molar-refractivity contribution is 7.14. The number of nitrogens with one attached hydrogen (secondary N) is 1. The molecule has 2 atom stereocenters. The molecule has 0 spiro atoms. The molecule has 0 fully saturated rings. The molecule has 0 saturated carbocycles. The lowest BCUT2D eigenvalue weighted by molar-refractivity contribution is -0.137. The number of carbonyl (C=O) groups excluding carboxylic acids is 3. The summed E-state index contributed by atoms with van der Waals surface area (Å²) in [5.41, 5.74) is 1.19. The number of fused-ring (bicyclic) bond motifs is 2. The molecule has 0 saturated heterocycles. The van der Waals surface area contributed by atoms with E-state index in [4.69, 9.17) is 14.2 Å². The van der Waals surface area contributed by atoms with Gasteiger partial charge in [-0.25, -0.2) is 4.79 Å². The molecule has 8 heteroatoms. The minimum Gasteiger partial charge on any atom is -0.485 e. The van der Waals surface area contributed by atoms with Gasteiger partial charge in [0.25, 0.3) is 11.8 Å². The van der Waals surface area contributed by atoms with Gasteiger partial charge in [0.1, 0.15) is 11.5 Å². The summed E-state index contributed by atoms with van der Waals surface area (Å²) in [6.45, 7) is 1.66. The molecule has 0 radical (unpaired) electrons. The lowest BCUT2D eigenvalue weighted by atomic mass is 9.90. The fourth-order valence-corrected chi connectivity index (χ4v) is 4.51. The zero-order valence-corrected chi connectivity index (χ0v) is 16.8. The number of ether oxygens (including phenoxy) is 3. The van der Waals surface area contributed by atoms with Crippen molar-refractivity contribution in [2.75, 3.05) is 13.2 Å². The Morgan fingerprint density at radius 3 is 2.86 bits per heavy atom. The van der Waals surface area contributed by atoms with Gasteiger partial charge in [-0.3, -0.25) is 14.9 Å². The molecular formula is C21H21NO6S. The van der Waals surface area contributed by atoms with Crippen LogP contribution >= 0.6 is 11.3 Å². The number of amides is 2. The van der Waals surface area contributed by atoms with Crippen LogP contribution in [0, 0.1) is 5.92 Å². The first-order valence-electron chi connectivity index (χ1n) is 9.50. The molecule has 0 unspecified atom stereocenters. The van der Waals surface area contributed by atoms with E-state index in [1.807, 2.05) is 6.07 Å². The third kappa shape index (κ3) is 4.42. The summed E-state index contributed by atoms with van der Waals surface area (Å²) < 4.78 is 16.1. The van der Waals surface area contributed by atoms with E-state index in [-0.39, 0.29) is 6.61 Å². The molecule has 2 amide bonds. The van der Waals surface area contributed by atoms with Crippen molar-refractivity contribution in [3.8, 4) is 11.5 Å². The number of carbonyl (C=O) groups is 3. The lowest BCUT2D eigenvalue weighted by Crippen LogP contribution is -2.47. The number of esters is 1. The van der Waals surface area contributed by atoms with Crippen LogP contribution in [-0.2, 0) is 27.2 Å². The summed E-state index contributed by atoms with van der Waals surface area (Å²) >= 11 is 1.42. The molecule has 1 N–H and O–H groups in total. The van der Waals surface area contributed by atoms with E-state index in [0.29, 0.717) is 22.3 Å². The highest BCUT2D eigenvalue weighted by atomic mass is 32.1. The Kier molecular flexibility index (Phi) is 5.53. The van der Waals surface area contributed by atoms with Crippen LogP contribution < -0.4 is 14.8 Å². The third-order valence-electron chi connectivity index (χ3n) is 4.93. The molecule has 1 aliphatic heterocycles. The molecule has 29 heavy (non-hydrogen) atoms. The van der Waals surface area contributed by atoms with Crippen LogP contribution in [0.2, 0.25) is 0 Å². The van der Waals surface area contributed by atoms with Crippen molar-refractivity contribution in [3.05, 3.63) is 45.6 Å². The van der Waals surface area contributed by atoms with Crippen molar-refractivity contribution in [2.45, 2.75) is 32.3 Å². The van der Waals surface area contributed by atoms with Gasteiger partial charge in [0.2, 0.25) is 6.10 Å². The van der Waals surface area contributed by atoms with Crippen LogP contribution in [0.3, 0.4) is 0 Å². The molecule has 2 heterocycles. The maximum atomic E-state index is 12.3. The third-order valence-corrected chi connectivity index (χ3v) is 6.15. The maximum absolute atomic E-state index is 12.3. The normalized spacial score (nSPS) is 19.8. The fraction of sp³-hybridized carbons (Fsp3) is 0.381. The second-order valence-corrected chi connectivity index (χ2v) is 8.40. The predicted octanol–water partition coefficient (Wildman–Crippen LogP) is 2.51. The number of thiophene rings is 1. The summed E-state index contributed by atoms with van der Waals surface area (Å²) in [6.07, 6.45) is 2.09. The van der Waals surface area contributed by atoms with Gasteiger partial charge in [-0.05, 0) is 48.9 Å². The average molecular weight is 415 g/mol. The molecule has 2 aliphatic rings. The SMILES string of the molecule is C[C@@H]1CCc2sc(C(=O)OCC(=O)NC(=O)[C@H]3COc4ccccc4O3)cc2C1. The standard InChI is InChI=1S/C21H21NO6S/c1-12-6-7-17-13(8-12)9-18(29-17)21(25)27-11-19(23)22-20(24)16-10-26-14-4-2-3-5-15(14)28-16/h2-5,9,12,16H,6-8,10-11H2,1H3,(H,22,23,24)/t12-,16-/m1/s1. The van der Waals surface area contributed by atoms with Crippen LogP contribution in [0.4, 0.5) is 0 Å². The van der Waals surface area contributed by atoms with Gasteiger partial charge < -0.3 is 14.2 Å². The maximum Gasteiger partial charge on any atom is 0.348 e. The number of hydrogen-bond acceptors (Lipinski definition) is 7. The van der Waals surface area contributed by atoms with Gasteiger partial charge >= 0.3 is 5.97 Å². The monoisotopic (exact) mass is 415 g/mol. The number of aryl methyl sites for hydroxylation is 1. The second kappa shape index (κ2) is 8.24. The van der Waals surface area contributed by atoms with Gasteiger partial charge in [-0.15, -0.1) is 11.3 Å². The minimum absolute atomic E-state index is 0.00487. The Bertz CT molecular complexity index is 952. The van der Waals surface area contributed by atoms with Crippen molar-refractivity contribution in [1.82, 2.24) is 5.32 Å². The number of para-hydroxylation sites is 2. The molecule has 1 aromatic heterocycles. The van der Waals surface area contributed by atoms with E-state index in [9.17, 15) is 14.4 Å². The number of rotatable bonds is 4. The van der Waals surface area contributed by atoms with Crippen molar-refractivity contribution < 1.29 is 28.6 Å². The Morgan fingerprint density at radius 1 is 1.24 bits per heavy atom. The smallest absolute Gasteiger partial charge is 0.348 e. The van der Waals surface area contributed by atoms with E-state index in [1.54, 1.807) is 24.3 Å². The Balaban J connectivity index is 1.27. The van der Waals surface area contributed by atoms with E-state index in [1.165, 1.54) is 21.8 Å². The minimum atomic E-state index is -0.949. The number of hydrogen-bond donors (Lipinski definition) is 1. The van der Waals surface area contributed by atoms with Gasteiger partial charge in [0, 0.05) is 4.88 Å². The van der Waals surface area contributed by atoms with Gasteiger partial charge in [0.05, 0.1) is 0 Å². The summed E-state index contributed by atoms with van der Waals surface area (Å²) in [4.78, 5) is 38.2. The quantitative estimate of drug-likeness (QED) is 0.772. The van der Waals surface area contributed by atoms with Crippen molar-refractivity contribution >= 4 is 29.1 Å². The van der Waals surface area contributed by atoms with Crippen LogP contribution in [0.25, 0.3) is 0 Å². The summed E-state index contributed by atoms with van der Waals surface area (Å²) in [7, 11) is 0. The van der Waals surface area contributed by atoms with Crippen LogP contribution in [-0.4, -0.2) is 37.1 Å². The summed E-state index contributed by atoms with van der Waals surface area (Å²) in [6, 6.07) is 8.82.